The molecule has 0 spiro atoms. The van der Waals surface area contributed by atoms with E-state index in [1.54, 1.807) is 11.8 Å². The first-order valence-electron chi connectivity index (χ1n) is 6.25. The van der Waals surface area contributed by atoms with Gasteiger partial charge in [0.15, 0.2) is 0 Å². The second-order valence-corrected chi connectivity index (χ2v) is 6.99. The van der Waals surface area contributed by atoms with Gasteiger partial charge in [-0.15, -0.1) is 11.8 Å². The zero-order valence-electron chi connectivity index (χ0n) is 10.7. The molecule has 0 bridgehead atoms. The number of nitrogen functional groups attached to an aromatic ring is 1. The molecule has 5 heteroatoms. The normalized spacial score (nSPS) is 13.1. The van der Waals surface area contributed by atoms with Crippen molar-refractivity contribution in [3.63, 3.8) is 0 Å². The minimum Gasteiger partial charge on any atom is -0.493 e. The molecule has 0 saturated heterocycles. The van der Waals surface area contributed by atoms with Crippen LogP contribution in [0, 0.1) is 0 Å². The number of hydrogen-bond acceptors (Lipinski definition) is 3. The maximum atomic E-state index is 6.17. The van der Waals surface area contributed by atoms with Gasteiger partial charge in [0, 0.05) is 37.8 Å². The topological polar surface area (TPSA) is 35.2 Å². The Morgan fingerprint density at radius 1 is 1.30 bits per heavy atom. The fourth-order valence-electron chi connectivity index (χ4n) is 2.26. The van der Waals surface area contributed by atoms with Crippen LogP contribution in [0.2, 0.25) is 5.02 Å². The highest BCUT2D eigenvalue weighted by atomic mass is 79.9. The summed E-state index contributed by atoms with van der Waals surface area (Å²) in [5.74, 6) is 1.80. The Hall–Kier alpha value is -0.840. The number of thioether (sulfide) groups is 1. The first kappa shape index (κ1) is 14.1. The first-order chi connectivity index (χ1) is 9.63. The van der Waals surface area contributed by atoms with Gasteiger partial charge in [-0.3, -0.25) is 0 Å². The largest absolute Gasteiger partial charge is 0.493 e. The number of hydrogen-bond donors (Lipinski definition) is 1. The third-order valence-electron chi connectivity index (χ3n) is 3.18. The number of rotatable bonds is 3. The molecule has 104 valence electrons. The molecule has 0 aromatic heterocycles. The molecular formula is C15H13BrClNOS. The number of anilines is 1. The van der Waals surface area contributed by atoms with E-state index in [4.69, 9.17) is 22.1 Å². The molecule has 0 fully saturated rings. The summed E-state index contributed by atoms with van der Waals surface area (Å²) in [5, 5.41) is 0.772. The van der Waals surface area contributed by atoms with Crippen LogP contribution in [-0.2, 0) is 12.2 Å². The molecule has 0 saturated carbocycles. The van der Waals surface area contributed by atoms with Crippen molar-refractivity contribution in [2.75, 3.05) is 12.3 Å². The Kier molecular flexibility index (Phi) is 4.15. The molecular weight excluding hydrogens is 358 g/mol. The van der Waals surface area contributed by atoms with E-state index >= 15 is 0 Å². The zero-order valence-corrected chi connectivity index (χ0v) is 13.8. The second-order valence-electron chi connectivity index (χ2n) is 4.62. The molecule has 2 nitrogen and oxygen atoms in total. The van der Waals surface area contributed by atoms with Gasteiger partial charge in [0.25, 0.3) is 0 Å². The van der Waals surface area contributed by atoms with Gasteiger partial charge < -0.3 is 10.5 Å². The summed E-state index contributed by atoms with van der Waals surface area (Å²) in [7, 11) is 0. The number of fused-ring (bicyclic) bond motifs is 1. The van der Waals surface area contributed by atoms with Crippen LogP contribution in [0.1, 0.15) is 11.1 Å². The molecule has 2 aromatic carbocycles. The van der Waals surface area contributed by atoms with E-state index in [2.05, 4.69) is 15.9 Å². The Bertz CT molecular complexity index is 663. The van der Waals surface area contributed by atoms with Gasteiger partial charge >= 0.3 is 0 Å². The highest BCUT2D eigenvalue weighted by molar-refractivity contribution is 9.10. The number of ether oxygens (including phenoxy) is 1. The van der Waals surface area contributed by atoms with Crippen LogP contribution in [-0.4, -0.2) is 6.61 Å². The molecule has 0 atom stereocenters. The van der Waals surface area contributed by atoms with Gasteiger partial charge in [-0.2, -0.15) is 0 Å². The van der Waals surface area contributed by atoms with Crippen LogP contribution < -0.4 is 10.5 Å². The second kappa shape index (κ2) is 5.88. The van der Waals surface area contributed by atoms with Crippen LogP contribution in [0.5, 0.6) is 5.75 Å². The summed E-state index contributed by atoms with van der Waals surface area (Å²) < 4.78 is 6.70. The molecule has 0 unspecified atom stereocenters. The van der Waals surface area contributed by atoms with E-state index < -0.39 is 0 Å². The minimum atomic E-state index is 0.744. The SMILES string of the molecule is Nc1cc(Br)ccc1SCc1cc(Cl)cc2c1OCC2. The summed E-state index contributed by atoms with van der Waals surface area (Å²) in [6.07, 6.45) is 0.938. The third kappa shape index (κ3) is 2.92. The lowest BCUT2D eigenvalue weighted by Gasteiger charge is -2.10. The Morgan fingerprint density at radius 3 is 2.95 bits per heavy atom. The molecule has 2 N–H and O–H groups in total. The van der Waals surface area contributed by atoms with Gasteiger partial charge in [0.05, 0.1) is 6.61 Å². The van der Waals surface area contributed by atoms with Crippen molar-refractivity contribution >= 4 is 45.0 Å². The average Bonchev–Trinajstić information content (AvgIpc) is 2.85. The lowest BCUT2D eigenvalue weighted by atomic mass is 10.1. The summed E-state index contributed by atoms with van der Waals surface area (Å²) in [4.78, 5) is 1.07. The number of nitrogens with two attached hydrogens (primary N) is 1. The molecule has 20 heavy (non-hydrogen) atoms. The number of benzene rings is 2. The van der Waals surface area contributed by atoms with Crippen molar-refractivity contribution in [1.29, 1.82) is 0 Å². The molecule has 0 aliphatic carbocycles. The third-order valence-corrected chi connectivity index (χ3v) is 5.03. The monoisotopic (exact) mass is 369 g/mol. The summed E-state index contributed by atoms with van der Waals surface area (Å²) in [5.41, 5.74) is 9.14. The van der Waals surface area contributed by atoms with E-state index in [9.17, 15) is 0 Å². The van der Waals surface area contributed by atoms with Gasteiger partial charge in [-0.05, 0) is 35.9 Å². The van der Waals surface area contributed by atoms with Crippen molar-refractivity contribution < 1.29 is 4.74 Å². The van der Waals surface area contributed by atoms with Crippen molar-refractivity contribution in [1.82, 2.24) is 0 Å². The number of halogens is 2. The Labute approximate surface area is 135 Å². The molecule has 0 radical (unpaired) electrons. The average molecular weight is 371 g/mol. The van der Waals surface area contributed by atoms with Crippen LogP contribution in [0.15, 0.2) is 39.7 Å². The van der Waals surface area contributed by atoms with E-state index in [-0.39, 0.29) is 0 Å². The standard InChI is InChI=1S/C15H13BrClNOS/c16-11-1-2-14(13(18)7-11)20-8-10-6-12(17)5-9-3-4-19-15(9)10/h1-2,5-7H,3-4,8,18H2. The molecule has 2 aromatic rings. The van der Waals surface area contributed by atoms with E-state index in [0.717, 1.165) is 50.2 Å². The smallest absolute Gasteiger partial charge is 0.126 e. The molecule has 1 aliphatic rings. The molecule has 0 amide bonds. The maximum Gasteiger partial charge on any atom is 0.126 e. The Morgan fingerprint density at radius 2 is 2.15 bits per heavy atom. The predicted molar refractivity (Wildman–Crippen MR) is 88.8 cm³/mol. The van der Waals surface area contributed by atoms with Gasteiger partial charge in [0.2, 0.25) is 0 Å². The van der Waals surface area contributed by atoms with Crippen molar-refractivity contribution in [2.45, 2.75) is 17.1 Å². The zero-order chi connectivity index (χ0) is 14.1. The van der Waals surface area contributed by atoms with Gasteiger partial charge in [-0.1, -0.05) is 27.5 Å². The maximum absolute atomic E-state index is 6.17. The van der Waals surface area contributed by atoms with Gasteiger partial charge in [-0.25, -0.2) is 0 Å². The van der Waals surface area contributed by atoms with Crippen molar-refractivity contribution in [3.8, 4) is 5.75 Å². The van der Waals surface area contributed by atoms with Crippen LogP contribution in [0.3, 0.4) is 0 Å². The fourth-order valence-corrected chi connectivity index (χ4v) is 3.82. The summed E-state index contributed by atoms with van der Waals surface area (Å²) in [6.45, 7) is 0.744. The predicted octanol–water partition coefficient (Wildman–Crippen LogP) is 4.91. The minimum absolute atomic E-state index is 0.744. The van der Waals surface area contributed by atoms with Gasteiger partial charge in [0.1, 0.15) is 5.75 Å². The fraction of sp³-hybridized carbons (Fsp3) is 0.200. The summed E-state index contributed by atoms with van der Waals surface area (Å²) >= 11 is 11.3. The first-order valence-corrected chi connectivity index (χ1v) is 8.41. The quantitative estimate of drug-likeness (QED) is 0.616. The van der Waals surface area contributed by atoms with Crippen LogP contribution in [0.4, 0.5) is 5.69 Å². The summed E-state index contributed by atoms with van der Waals surface area (Å²) in [6, 6.07) is 9.91. The van der Waals surface area contributed by atoms with Crippen molar-refractivity contribution in [2.24, 2.45) is 0 Å². The molecule has 1 aliphatic heterocycles. The van der Waals surface area contributed by atoms with Crippen LogP contribution in [0.25, 0.3) is 0 Å². The highest BCUT2D eigenvalue weighted by Crippen LogP contribution is 2.37. The highest BCUT2D eigenvalue weighted by Gasteiger charge is 2.17. The molecule has 1 heterocycles. The lowest BCUT2D eigenvalue weighted by molar-refractivity contribution is 0.354. The van der Waals surface area contributed by atoms with E-state index in [0.29, 0.717) is 0 Å². The van der Waals surface area contributed by atoms with E-state index in [1.807, 2.05) is 30.3 Å². The van der Waals surface area contributed by atoms with Crippen molar-refractivity contribution in [3.05, 3.63) is 51.0 Å². The lowest BCUT2D eigenvalue weighted by Crippen LogP contribution is -1.92. The van der Waals surface area contributed by atoms with Crippen LogP contribution >= 0.6 is 39.3 Å². The molecule has 3 rings (SSSR count). The Balaban J connectivity index is 1.82. The van der Waals surface area contributed by atoms with E-state index in [1.165, 1.54) is 5.56 Å².